The SMILES string of the molecule is C=COC=C.CC(C)CCCCCO. The standard InChI is InChI=1S/C8H18O.C4H6O/c1-8(2)6-4-3-5-7-9;1-3-5-4-2/h8-9H,3-7H2,1-2H3;3-4H,1-2H2. The molecular weight excluding hydrogens is 176 g/mol. The van der Waals surface area contributed by atoms with Crippen molar-refractivity contribution in [2.75, 3.05) is 6.61 Å². The quantitative estimate of drug-likeness (QED) is 0.503. The summed E-state index contributed by atoms with van der Waals surface area (Å²) >= 11 is 0. The van der Waals surface area contributed by atoms with Gasteiger partial charge in [-0.1, -0.05) is 46.3 Å². The number of hydrogen-bond donors (Lipinski definition) is 1. The van der Waals surface area contributed by atoms with E-state index in [4.69, 9.17) is 5.11 Å². The molecule has 0 radical (unpaired) electrons. The molecular formula is C12H24O2. The number of hydrogen-bond acceptors (Lipinski definition) is 2. The average molecular weight is 200 g/mol. The fourth-order valence-electron chi connectivity index (χ4n) is 0.909. The van der Waals surface area contributed by atoms with Crippen LogP contribution in [0.3, 0.4) is 0 Å². The van der Waals surface area contributed by atoms with Crippen LogP contribution in [0.2, 0.25) is 0 Å². The third-order valence-corrected chi connectivity index (χ3v) is 1.63. The Kier molecular flexibility index (Phi) is 16.5. The molecule has 0 aromatic carbocycles. The molecule has 0 unspecified atom stereocenters. The van der Waals surface area contributed by atoms with Crippen molar-refractivity contribution in [3.8, 4) is 0 Å². The number of rotatable bonds is 7. The molecule has 0 aliphatic heterocycles. The molecule has 14 heavy (non-hydrogen) atoms. The Bertz CT molecular complexity index is 113. The molecule has 0 spiro atoms. The third kappa shape index (κ3) is 22.5. The van der Waals surface area contributed by atoms with Gasteiger partial charge in [-0.2, -0.15) is 0 Å². The summed E-state index contributed by atoms with van der Waals surface area (Å²) in [6.45, 7) is 11.3. The molecule has 0 aliphatic rings. The first-order chi connectivity index (χ1) is 6.68. The molecule has 0 rings (SSSR count). The maximum absolute atomic E-state index is 8.43. The van der Waals surface area contributed by atoms with E-state index < -0.39 is 0 Å². The Balaban J connectivity index is 0. The van der Waals surface area contributed by atoms with E-state index >= 15 is 0 Å². The maximum Gasteiger partial charge on any atom is 0.0829 e. The van der Waals surface area contributed by atoms with Gasteiger partial charge in [-0.15, -0.1) is 0 Å². The summed E-state index contributed by atoms with van der Waals surface area (Å²) < 4.78 is 4.36. The number of aliphatic hydroxyl groups excluding tert-OH is 1. The monoisotopic (exact) mass is 200 g/mol. The number of ether oxygens (including phenoxy) is 1. The molecule has 0 bridgehead atoms. The van der Waals surface area contributed by atoms with Crippen LogP contribution in [0.4, 0.5) is 0 Å². The molecule has 0 heterocycles. The normalized spacial score (nSPS) is 8.86. The number of aliphatic hydroxyl groups is 1. The lowest BCUT2D eigenvalue weighted by atomic mass is 10.1. The zero-order valence-electron chi connectivity index (χ0n) is 9.54. The smallest absolute Gasteiger partial charge is 0.0829 e. The van der Waals surface area contributed by atoms with E-state index in [1.165, 1.54) is 31.8 Å². The first kappa shape index (κ1) is 15.7. The van der Waals surface area contributed by atoms with Crippen molar-refractivity contribution in [1.29, 1.82) is 0 Å². The Labute approximate surface area is 88.3 Å². The minimum atomic E-state index is 0.359. The summed E-state index contributed by atoms with van der Waals surface area (Å²) in [6.07, 6.45) is 7.37. The van der Waals surface area contributed by atoms with Gasteiger partial charge in [0.2, 0.25) is 0 Å². The minimum absolute atomic E-state index is 0.359. The average Bonchev–Trinajstić information content (AvgIpc) is 2.15. The van der Waals surface area contributed by atoms with Crippen LogP contribution in [0, 0.1) is 5.92 Å². The van der Waals surface area contributed by atoms with Crippen molar-refractivity contribution in [2.24, 2.45) is 5.92 Å². The van der Waals surface area contributed by atoms with E-state index in [9.17, 15) is 0 Å². The highest BCUT2D eigenvalue weighted by Crippen LogP contribution is 2.06. The Morgan fingerprint density at radius 2 is 1.71 bits per heavy atom. The van der Waals surface area contributed by atoms with Crippen molar-refractivity contribution in [1.82, 2.24) is 0 Å². The highest BCUT2D eigenvalue weighted by Gasteiger charge is 1.92. The lowest BCUT2D eigenvalue weighted by Gasteiger charge is -2.01. The van der Waals surface area contributed by atoms with Crippen LogP contribution in [0.5, 0.6) is 0 Å². The Morgan fingerprint density at radius 3 is 2.00 bits per heavy atom. The minimum Gasteiger partial charge on any atom is -0.474 e. The summed E-state index contributed by atoms with van der Waals surface area (Å²) in [4.78, 5) is 0. The Morgan fingerprint density at radius 1 is 1.14 bits per heavy atom. The molecule has 0 saturated heterocycles. The molecule has 1 N–H and O–H groups in total. The fourth-order valence-corrected chi connectivity index (χ4v) is 0.909. The van der Waals surface area contributed by atoms with E-state index in [0.717, 1.165) is 12.3 Å². The van der Waals surface area contributed by atoms with Crippen LogP contribution < -0.4 is 0 Å². The largest absolute Gasteiger partial charge is 0.474 e. The highest BCUT2D eigenvalue weighted by molar-refractivity contribution is 4.57. The second-order valence-electron chi connectivity index (χ2n) is 3.44. The fraction of sp³-hybridized carbons (Fsp3) is 0.667. The topological polar surface area (TPSA) is 29.5 Å². The summed E-state index contributed by atoms with van der Waals surface area (Å²) in [5.41, 5.74) is 0. The van der Waals surface area contributed by atoms with Crippen LogP contribution in [0.25, 0.3) is 0 Å². The van der Waals surface area contributed by atoms with Gasteiger partial charge in [-0.25, -0.2) is 0 Å². The van der Waals surface area contributed by atoms with Crippen LogP contribution in [-0.4, -0.2) is 11.7 Å². The molecule has 84 valence electrons. The Hall–Kier alpha value is -0.760. The second-order valence-corrected chi connectivity index (χ2v) is 3.44. The van der Waals surface area contributed by atoms with Gasteiger partial charge in [0, 0.05) is 6.61 Å². The van der Waals surface area contributed by atoms with Gasteiger partial charge in [0.05, 0.1) is 12.5 Å². The van der Waals surface area contributed by atoms with Crippen molar-refractivity contribution < 1.29 is 9.84 Å². The molecule has 0 aromatic heterocycles. The lowest BCUT2D eigenvalue weighted by Crippen LogP contribution is -1.88. The molecule has 0 saturated carbocycles. The zero-order valence-corrected chi connectivity index (χ0v) is 9.54. The van der Waals surface area contributed by atoms with Crippen molar-refractivity contribution in [3.05, 3.63) is 25.7 Å². The van der Waals surface area contributed by atoms with Crippen molar-refractivity contribution >= 4 is 0 Å². The second kappa shape index (κ2) is 14.7. The predicted molar refractivity (Wildman–Crippen MR) is 61.9 cm³/mol. The molecule has 2 heteroatoms. The summed E-state index contributed by atoms with van der Waals surface area (Å²) in [5, 5.41) is 8.43. The van der Waals surface area contributed by atoms with Crippen molar-refractivity contribution in [3.63, 3.8) is 0 Å². The van der Waals surface area contributed by atoms with E-state index in [2.05, 4.69) is 31.7 Å². The van der Waals surface area contributed by atoms with Gasteiger partial charge in [-0.05, 0) is 12.3 Å². The van der Waals surface area contributed by atoms with Crippen LogP contribution in [0.15, 0.2) is 25.7 Å². The van der Waals surface area contributed by atoms with E-state index in [1.807, 2.05) is 0 Å². The zero-order chi connectivity index (χ0) is 11.2. The maximum atomic E-state index is 8.43. The van der Waals surface area contributed by atoms with Gasteiger partial charge in [-0.3, -0.25) is 0 Å². The van der Waals surface area contributed by atoms with E-state index in [-0.39, 0.29) is 0 Å². The van der Waals surface area contributed by atoms with Crippen LogP contribution >= 0.6 is 0 Å². The van der Waals surface area contributed by atoms with Gasteiger partial charge in [0.15, 0.2) is 0 Å². The van der Waals surface area contributed by atoms with E-state index in [1.54, 1.807) is 0 Å². The lowest BCUT2D eigenvalue weighted by molar-refractivity contribution is 0.281. The molecule has 0 aliphatic carbocycles. The summed E-state index contributed by atoms with van der Waals surface area (Å²) in [6, 6.07) is 0. The molecule has 0 atom stereocenters. The van der Waals surface area contributed by atoms with Gasteiger partial charge >= 0.3 is 0 Å². The predicted octanol–water partition coefficient (Wildman–Crippen LogP) is 3.49. The number of unbranched alkanes of at least 4 members (excludes halogenated alkanes) is 2. The third-order valence-electron chi connectivity index (χ3n) is 1.63. The van der Waals surface area contributed by atoms with Gasteiger partial charge < -0.3 is 9.84 Å². The first-order valence-corrected chi connectivity index (χ1v) is 5.17. The summed E-state index contributed by atoms with van der Waals surface area (Å²) in [5.74, 6) is 0.823. The molecule has 0 fully saturated rings. The highest BCUT2D eigenvalue weighted by atomic mass is 16.5. The molecule has 2 nitrogen and oxygen atoms in total. The molecule has 0 amide bonds. The summed E-state index contributed by atoms with van der Waals surface area (Å²) in [7, 11) is 0. The van der Waals surface area contributed by atoms with Gasteiger partial charge in [0.25, 0.3) is 0 Å². The first-order valence-electron chi connectivity index (χ1n) is 5.17. The van der Waals surface area contributed by atoms with Crippen molar-refractivity contribution in [2.45, 2.75) is 39.5 Å². The van der Waals surface area contributed by atoms with Crippen LogP contribution in [-0.2, 0) is 4.74 Å². The van der Waals surface area contributed by atoms with E-state index in [0.29, 0.717) is 6.61 Å². The van der Waals surface area contributed by atoms with Crippen LogP contribution in [0.1, 0.15) is 39.5 Å². The van der Waals surface area contributed by atoms with Gasteiger partial charge in [0.1, 0.15) is 0 Å². The molecule has 0 aromatic rings.